The van der Waals surface area contributed by atoms with Crippen molar-refractivity contribution in [2.45, 2.75) is 44.7 Å². The normalized spacial score (nSPS) is 21.8. The summed E-state index contributed by atoms with van der Waals surface area (Å²) in [6.07, 6.45) is 5.73. The van der Waals surface area contributed by atoms with Gasteiger partial charge in [-0.25, -0.2) is 0 Å². The lowest BCUT2D eigenvalue weighted by atomic mass is 9.94. The molecule has 1 aliphatic carbocycles. The first-order valence-electron chi connectivity index (χ1n) is 10.5. The van der Waals surface area contributed by atoms with Crippen LogP contribution in [0.3, 0.4) is 0 Å². The smallest absolute Gasteiger partial charge is 0.295 e. The Labute approximate surface area is 175 Å². The third-order valence-corrected chi connectivity index (χ3v) is 6.44. The highest BCUT2D eigenvalue weighted by Crippen LogP contribution is 2.45. The van der Waals surface area contributed by atoms with Gasteiger partial charge in [-0.1, -0.05) is 60.9 Å². The van der Waals surface area contributed by atoms with Gasteiger partial charge in [0.1, 0.15) is 5.76 Å². The van der Waals surface area contributed by atoms with E-state index in [0.717, 1.165) is 47.7 Å². The maximum Gasteiger partial charge on any atom is 0.295 e. The molecule has 5 nitrogen and oxygen atoms in total. The minimum atomic E-state index is -0.602. The molecule has 1 amide bonds. The molecule has 2 fully saturated rings. The maximum atomic E-state index is 13.2. The Bertz CT molecular complexity index is 1170. The molecule has 0 radical (unpaired) electrons. The first-order valence-corrected chi connectivity index (χ1v) is 10.5. The van der Waals surface area contributed by atoms with Gasteiger partial charge in [0.25, 0.3) is 11.7 Å². The highest BCUT2D eigenvalue weighted by atomic mass is 16.3. The highest BCUT2D eigenvalue weighted by molar-refractivity contribution is 6.46. The van der Waals surface area contributed by atoms with E-state index in [9.17, 15) is 14.7 Å². The minimum Gasteiger partial charge on any atom is -0.507 e. The summed E-state index contributed by atoms with van der Waals surface area (Å²) in [4.78, 5) is 31.3. The van der Waals surface area contributed by atoms with E-state index in [4.69, 9.17) is 0 Å². The number of benzene rings is 2. The third-order valence-electron chi connectivity index (χ3n) is 6.44. The Kier molecular flexibility index (Phi) is 4.46. The highest BCUT2D eigenvalue weighted by Gasteiger charge is 2.49. The summed E-state index contributed by atoms with van der Waals surface area (Å²) >= 11 is 0. The molecule has 30 heavy (non-hydrogen) atoms. The van der Waals surface area contributed by atoms with Crippen molar-refractivity contribution in [3.63, 3.8) is 0 Å². The zero-order valence-electron chi connectivity index (χ0n) is 16.9. The Morgan fingerprint density at radius 1 is 1.03 bits per heavy atom. The van der Waals surface area contributed by atoms with Gasteiger partial charge < -0.3 is 15.0 Å². The van der Waals surface area contributed by atoms with Gasteiger partial charge in [-0.05, 0) is 25.8 Å². The molecule has 152 valence electrons. The quantitative estimate of drug-likeness (QED) is 0.375. The molecule has 1 aromatic heterocycles. The van der Waals surface area contributed by atoms with E-state index in [-0.39, 0.29) is 17.4 Å². The van der Waals surface area contributed by atoms with E-state index < -0.39 is 17.7 Å². The van der Waals surface area contributed by atoms with Crippen LogP contribution in [0.4, 0.5) is 0 Å². The number of ketones is 1. The fourth-order valence-corrected chi connectivity index (χ4v) is 4.90. The number of fused-ring (bicyclic) bond motifs is 1. The number of aryl methyl sites for hydroxylation is 1. The molecular formula is C25H24N2O3. The predicted molar refractivity (Wildman–Crippen MR) is 116 cm³/mol. The Hall–Kier alpha value is -3.34. The van der Waals surface area contributed by atoms with Crippen LogP contribution in [0.25, 0.3) is 16.7 Å². The number of carbonyl (C=O) groups excluding carboxylic acids is 2. The number of carbonyl (C=O) groups is 2. The average Bonchev–Trinajstić information content (AvgIpc) is 3.47. The zero-order valence-corrected chi connectivity index (χ0v) is 16.9. The van der Waals surface area contributed by atoms with E-state index in [2.05, 4.69) is 4.98 Å². The minimum absolute atomic E-state index is 0.0171. The number of para-hydroxylation sites is 1. The van der Waals surface area contributed by atoms with Crippen LogP contribution >= 0.6 is 0 Å². The predicted octanol–water partition coefficient (Wildman–Crippen LogP) is 4.84. The van der Waals surface area contributed by atoms with Crippen molar-refractivity contribution in [2.75, 3.05) is 0 Å². The summed E-state index contributed by atoms with van der Waals surface area (Å²) in [6, 6.07) is 14.6. The van der Waals surface area contributed by atoms with E-state index >= 15 is 0 Å². The van der Waals surface area contributed by atoms with Gasteiger partial charge in [-0.2, -0.15) is 0 Å². The summed E-state index contributed by atoms with van der Waals surface area (Å²) < 4.78 is 0. The SMILES string of the molecule is Cc1ccc(/C(O)=C2\C(=O)C(=O)N(C3CCCC3)C2c2c[nH]c3ccccc23)cc1. The van der Waals surface area contributed by atoms with Crippen LogP contribution in [-0.4, -0.2) is 32.7 Å². The van der Waals surface area contributed by atoms with Gasteiger partial charge in [0.2, 0.25) is 0 Å². The molecule has 1 aliphatic heterocycles. The fraction of sp³-hybridized carbons (Fsp3) is 0.280. The van der Waals surface area contributed by atoms with Crippen LogP contribution in [0.1, 0.15) is 48.4 Å². The number of aliphatic hydroxyl groups is 1. The number of rotatable bonds is 3. The first-order chi connectivity index (χ1) is 14.6. The van der Waals surface area contributed by atoms with Gasteiger partial charge in [-0.15, -0.1) is 0 Å². The lowest BCUT2D eigenvalue weighted by molar-refractivity contribution is -0.141. The zero-order chi connectivity index (χ0) is 20.8. The third kappa shape index (κ3) is 2.84. The molecule has 1 unspecified atom stereocenters. The standard InChI is InChI=1S/C25H24N2O3/c1-15-10-12-16(13-11-15)23(28)21-22(19-14-26-20-9-5-4-8-18(19)20)27(25(30)24(21)29)17-6-2-3-7-17/h4-5,8-14,17,22,26,28H,2-3,6-7H2,1H3/b23-21+. The number of amides is 1. The van der Waals surface area contributed by atoms with Crippen molar-refractivity contribution >= 4 is 28.4 Å². The molecule has 5 heteroatoms. The largest absolute Gasteiger partial charge is 0.507 e. The van der Waals surface area contributed by atoms with Crippen molar-refractivity contribution in [3.05, 3.63) is 77.0 Å². The molecule has 2 N–H and O–H groups in total. The molecule has 0 bridgehead atoms. The lowest BCUT2D eigenvalue weighted by Gasteiger charge is -2.30. The van der Waals surface area contributed by atoms with E-state index in [1.165, 1.54) is 0 Å². The summed E-state index contributed by atoms with van der Waals surface area (Å²) in [6.45, 7) is 1.97. The van der Waals surface area contributed by atoms with Crippen molar-refractivity contribution in [3.8, 4) is 0 Å². The number of likely N-dealkylation sites (tertiary alicyclic amines) is 1. The first kappa shape index (κ1) is 18.7. The molecule has 2 aromatic carbocycles. The number of hydrogen-bond donors (Lipinski definition) is 2. The number of Topliss-reactive ketones (excluding diaryl/α,β-unsaturated/α-hetero) is 1. The average molecular weight is 400 g/mol. The van der Waals surface area contributed by atoms with Crippen molar-refractivity contribution in [2.24, 2.45) is 0 Å². The van der Waals surface area contributed by atoms with Crippen molar-refractivity contribution < 1.29 is 14.7 Å². The number of aromatic nitrogens is 1. The number of H-pyrrole nitrogens is 1. The summed E-state index contributed by atoms with van der Waals surface area (Å²) in [5.41, 5.74) is 3.59. The molecule has 1 saturated heterocycles. The van der Waals surface area contributed by atoms with E-state index in [1.54, 1.807) is 17.0 Å². The van der Waals surface area contributed by atoms with Gasteiger partial charge in [0.05, 0.1) is 11.6 Å². The number of aromatic amines is 1. The Balaban J connectivity index is 1.73. The topological polar surface area (TPSA) is 73.4 Å². The monoisotopic (exact) mass is 400 g/mol. The number of aliphatic hydroxyl groups excluding tert-OH is 1. The lowest BCUT2D eigenvalue weighted by Crippen LogP contribution is -2.37. The number of nitrogens with zero attached hydrogens (tertiary/aromatic N) is 1. The Morgan fingerprint density at radius 3 is 2.47 bits per heavy atom. The van der Waals surface area contributed by atoms with Crippen LogP contribution in [0.5, 0.6) is 0 Å². The molecule has 0 spiro atoms. The molecule has 2 heterocycles. The van der Waals surface area contributed by atoms with Crippen LogP contribution in [0.2, 0.25) is 0 Å². The van der Waals surface area contributed by atoms with Gasteiger partial charge >= 0.3 is 0 Å². The molecule has 5 rings (SSSR count). The van der Waals surface area contributed by atoms with E-state index in [1.807, 2.05) is 49.5 Å². The van der Waals surface area contributed by atoms with Crippen LogP contribution in [-0.2, 0) is 9.59 Å². The maximum absolute atomic E-state index is 13.2. The van der Waals surface area contributed by atoms with Crippen LogP contribution in [0, 0.1) is 6.92 Å². The van der Waals surface area contributed by atoms with Gasteiger partial charge in [0.15, 0.2) is 0 Å². The second kappa shape index (κ2) is 7.17. The molecular weight excluding hydrogens is 376 g/mol. The van der Waals surface area contributed by atoms with Gasteiger partial charge in [0, 0.05) is 34.3 Å². The molecule has 3 aromatic rings. The van der Waals surface area contributed by atoms with Crippen LogP contribution in [0.15, 0.2) is 60.3 Å². The Morgan fingerprint density at radius 2 is 1.73 bits per heavy atom. The second-order valence-electron chi connectivity index (χ2n) is 8.30. The fourth-order valence-electron chi connectivity index (χ4n) is 4.90. The summed E-state index contributed by atoms with van der Waals surface area (Å²) in [5.74, 6) is -1.22. The summed E-state index contributed by atoms with van der Waals surface area (Å²) in [5, 5.41) is 12.1. The molecule has 1 atom stereocenters. The molecule has 1 saturated carbocycles. The van der Waals surface area contributed by atoms with Crippen LogP contribution < -0.4 is 0 Å². The van der Waals surface area contributed by atoms with E-state index in [0.29, 0.717) is 5.56 Å². The number of hydrogen-bond acceptors (Lipinski definition) is 3. The van der Waals surface area contributed by atoms with Gasteiger partial charge in [-0.3, -0.25) is 9.59 Å². The summed E-state index contributed by atoms with van der Waals surface area (Å²) in [7, 11) is 0. The van der Waals surface area contributed by atoms with Crippen molar-refractivity contribution in [1.82, 2.24) is 9.88 Å². The second-order valence-corrected chi connectivity index (χ2v) is 8.30. The van der Waals surface area contributed by atoms with Crippen molar-refractivity contribution in [1.29, 1.82) is 0 Å². The number of nitrogens with one attached hydrogen (secondary N) is 1. The molecule has 2 aliphatic rings.